The predicted octanol–water partition coefficient (Wildman–Crippen LogP) is 3.67. The monoisotopic (exact) mass is 412 g/mol. The van der Waals surface area contributed by atoms with Gasteiger partial charge in [-0.3, -0.25) is 19.4 Å². The summed E-state index contributed by atoms with van der Waals surface area (Å²) >= 11 is 1.46. The summed E-state index contributed by atoms with van der Waals surface area (Å²) in [7, 11) is 0. The molecule has 1 aromatic heterocycles. The summed E-state index contributed by atoms with van der Waals surface area (Å²) in [4.78, 5) is 36.7. The first-order valence-electron chi connectivity index (χ1n) is 10.1. The van der Waals surface area contributed by atoms with Crippen LogP contribution in [0.25, 0.3) is 0 Å². The Bertz CT molecular complexity index is 911. The molecule has 0 spiro atoms. The van der Waals surface area contributed by atoms with Crippen LogP contribution in [0.2, 0.25) is 0 Å². The molecule has 6 nitrogen and oxygen atoms in total. The van der Waals surface area contributed by atoms with Crippen LogP contribution in [0.3, 0.4) is 0 Å². The highest BCUT2D eigenvalue weighted by atomic mass is 32.1. The molecule has 0 radical (unpaired) electrons. The van der Waals surface area contributed by atoms with E-state index >= 15 is 0 Å². The highest BCUT2D eigenvalue weighted by molar-refractivity contribution is 7.09. The summed E-state index contributed by atoms with van der Waals surface area (Å²) in [6, 6.07) is 5.27. The van der Waals surface area contributed by atoms with Crippen molar-refractivity contribution in [1.29, 1.82) is 0 Å². The summed E-state index contributed by atoms with van der Waals surface area (Å²) in [6.45, 7) is 13.3. The second-order valence-electron chi connectivity index (χ2n) is 9.05. The third kappa shape index (κ3) is 3.81. The van der Waals surface area contributed by atoms with Crippen LogP contribution < -0.4 is 4.90 Å². The van der Waals surface area contributed by atoms with Gasteiger partial charge in [-0.05, 0) is 24.5 Å². The van der Waals surface area contributed by atoms with Crippen LogP contribution >= 0.6 is 11.3 Å². The van der Waals surface area contributed by atoms with Crippen molar-refractivity contribution in [2.75, 3.05) is 37.6 Å². The fourth-order valence-corrected chi connectivity index (χ4v) is 4.96. The van der Waals surface area contributed by atoms with Crippen LogP contribution in [0.4, 0.5) is 5.69 Å². The van der Waals surface area contributed by atoms with E-state index in [1.807, 2.05) is 24.4 Å². The number of benzene rings is 1. The molecule has 4 rings (SSSR count). The van der Waals surface area contributed by atoms with Gasteiger partial charge >= 0.3 is 0 Å². The Hall–Kier alpha value is -2.25. The number of piperazine rings is 1. The first-order chi connectivity index (χ1) is 13.8. The topological polar surface area (TPSA) is 56.8 Å². The van der Waals surface area contributed by atoms with E-state index in [0.717, 1.165) is 43.4 Å². The number of imide groups is 1. The molecule has 0 aliphatic carbocycles. The molecule has 29 heavy (non-hydrogen) atoms. The number of hydrogen-bond donors (Lipinski definition) is 0. The number of fused-ring (bicyclic) bond motifs is 1. The van der Waals surface area contributed by atoms with Crippen LogP contribution in [0.1, 0.15) is 59.5 Å². The van der Waals surface area contributed by atoms with Crippen LogP contribution in [-0.4, -0.2) is 59.3 Å². The smallest absolute Gasteiger partial charge is 0.264 e. The molecule has 1 unspecified atom stereocenters. The number of aromatic nitrogens is 1. The molecule has 7 heteroatoms. The fraction of sp³-hybridized carbons (Fsp3) is 0.500. The van der Waals surface area contributed by atoms with Gasteiger partial charge in [0.15, 0.2) is 0 Å². The molecule has 2 aliphatic heterocycles. The van der Waals surface area contributed by atoms with Gasteiger partial charge in [0.05, 0.1) is 22.9 Å². The molecule has 0 bridgehead atoms. The van der Waals surface area contributed by atoms with Crippen molar-refractivity contribution >= 4 is 28.8 Å². The number of hydrogen-bond acceptors (Lipinski definition) is 6. The van der Waals surface area contributed by atoms with Gasteiger partial charge < -0.3 is 4.90 Å². The molecule has 0 saturated carbocycles. The van der Waals surface area contributed by atoms with Gasteiger partial charge in [0, 0.05) is 44.3 Å². The van der Waals surface area contributed by atoms with E-state index in [1.54, 1.807) is 12.3 Å². The van der Waals surface area contributed by atoms with E-state index in [-0.39, 0.29) is 23.3 Å². The molecular formula is C22H28N4O2S. The maximum atomic E-state index is 13.3. The zero-order valence-corrected chi connectivity index (χ0v) is 18.3. The van der Waals surface area contributed by atoms with Crippen molar-refractivity contribution in [2.45, 2.75) is 33.7 Å². The molecule has 1 fully saturated rings. The van der Waals surface area contributed by atoms with Crippen LogP contribution in [0.5, 0.6) is 0 Å². The minimum absolute atomic E-state index is 0.208. The van der Waals surface area contributed by atoms with Gasteiger partial charge in [0.2, 0.25) is 0 Å². The van der Waals surface area contributed by atoms with E-state index < -0.39 is 0 Å². The van der Waals surface area contributed by atoms with Crippen molar-refractivity contribution in [2.24, 2.45) is 5.41 Å². The van der Waals surface area contributed by atoms with E-state index in [1.165, 1.54) is 16.2 Å². The number of carbonyl (C=O) groups is 2. The van der Waals surface area contributed by atoms with Crippen molar-refractivity contribution in [1.82, 2.24) is 14.8 Å². The largest absolute Gasteiger partial charge is 0.368 e. The van der Waals surface area contributed by atoms with Gasteiger partial charge in [-0.2, -0.15) is 0 Å². The fourth-order valence-electron chi connectivity index (χ4n) is 4.27. The highest BCUT2D eigenvalue weighted by Crippen LogP contribution is 2.37. The Kier molecular flexibility index (Phi) is 5.21. The van der Waals surface area contributed by atoms with Gasteiger partial charge in [0.25, 0.3) is 11.8 Å². The number of carbonyl (C=O) groups excluding carboxylic acids is 2. The van der Waals surface area contributed by atoms with Crippen molar-refractivity contribution in [3.05, 3.63) is 45.9 Å². The number of anilines is 1. The lowest BCUT2D eigenvalue weighted by atomic mass is 9.95. The summed E-state index contributed by atoms with van der Waals surface area (Å²) in [6.07, 6.45) is 1.71. The first-order valence-corrected chi connectivity index (χ1v) is 11.0. The second kappa shape index (κ2) is 7.54. The molecule has 1 aromatic carbocycles. The van der Waals surface area contributed by atoms with Crippen molar-refractivity contribution < 1.29 is 9.59 Å². The Morgan fingerprint density at radius 2 is 1.83 bits per heavy atom. The molecule has 2 amide bonds. The highest BCUT2D eigenvalue weighted by Gasteiger charge is 2.42. The Morgan fingerprint density at radius 3 is 2.45 bits per heavy atom. The number of rotatable bonds is 4. The maximum Gasteiger partial charge on any atom is 0.264 e. The number of thiazole rings is 1. The van der Waals surface area contributed by atoms with E-state index in [9.17, 15) is 9.59 Å². The molecule has 1 saturated heterocycles. The van der Waals surface area contributed by atoms with Gasteiger partial charge in [-0.25, -0.2) is 4.98 Å². The van der Waals surface area contributed by atoms with E-state index in [2.05, 4.69) is 35.6 Å². The zero-order valence-electron chi connectivity index (χ0n) is 17.5. The SMILES string of the molecule is CC(c1nccs1)N1C(=O)c2cccc(N3CCN(CC(C)(C)C)CC3)c2C1=O. The zero-order chi connectivity index (χ0) is 20.8. The summed E-state index contributed by atoms with van der Waals surface area (Å²) in [5.41, 5.74) is 2.20. The second-order valence-corrected chi connectivity index (χ2v) is 9.98. The average Bonchev–Trinajstić information content (AvgIpc) is 3.29. The predicted molar refractivity (Wildman–Crippen MR) is 116 cm³/mol. The molecular weight excluding hydrogens is 384 g/mol. The summed E-state index contributed by atoms with van der Waals surface area (Å²) in [5, 5.41) is 2.64. The van der Waals surface area contributed by atoms with Gasteiger partial charge in [-0.1, -0.05) is 26.8 Å². The van der Waals surface area contributed by atoms with Gasteiger partial charge in [0.1, 0.15) is 5.01 Å². The van der Waals surface area contributed by atoms with Crippen LogP contribution in [0, 0.1) is 5.41 Å². The third-order valence-electron chi connectivity index (χ3n) is 5.53. The lowest BCUT2D eigenvalue weighted by Gasteiger charge is -2.39. The lowest BCUT2D eigenvalue weighted by Crippen LogP contribution is -2.49. The number of amides is 2. The van der Waals surface area contributed by atoms with E-state index in [4.69, 9.17) is 0 Å². The molecule has 154 valence electrons. The van der Waals surface area contributed by atoms with Crippen molar-refractivity contribution in [3.8, 4) is 0 Å². The molecule has 0 N–H and O–H groups in total. The van der Waals surface area contributed by atoms with Gasteiger partial charge in [-0.15, -0.1) is 11.3 Å². The Morgan fingerprint density at radius 1 is 1.10 bits per heavy atom. The standard InChI is InChI=1S/C22H28N4O2S/c1-15(19-23-8-13-29-19)26-20(27)16-6-5-7-17(18(16)21(26)28)25-11-9-24(10-12-25)14-22(2,3)4/h5-8,13,15H,9-12,14H2,1-4H3. The summed E-state index contributed by atoms with van der Waals surface area (Å²) in [5.74, 6) is -0.429. The maximum absolute atomic E-state index is 13.3. The Labute approximate surface area is 176 Å². The normalized spacial score (nSPS) is 19.0. The van der Waals surface area contributed by atoms with E-state index in [0.29, 0.717) is 11.1 Å². The lowest BCUT2D eigenvalue weighted by molar-refractivity contribution is 0.0595. The van der Waals surface area contributed by atoms with Crippen LogP contribution in [-0.2, 0) is 0 Å². The molecule has 3 heterocycles. The number of nitrogens with zero attached hydrogens (tertiary/aromatic N) is 4. The quantitative estimate of drug-likeness (QED) is 0.717. The Balaban J connectivity index is 1.57. The molecule has 2 aromatic rings. The summed E-state index contributed by atoms with van der Waals surface area (Å²) < 4.78 is 0. The third-order valence-corrected chi connectivity index (χ3v) is 6.48. The average molecular weight is 413 g/mol. The van der Waals surface area contributed by atoms with Crippen molar-refractivity contribution in [3.63, 3.8) is 0 Å². The molecule has 2 aliphatic rings. The minimum Gasteiger partial charge on any atom is -0.368 e. The first kappa shape index (κ1) is 20.0. The van der Waals surface area contributed by atoms with Crippen LogP contribution in [0.15, 0.2) is 29.8 Å². The minimum atomic E-state index is -0.362. The molecule has 1 atom stereocenters.